The summed E-state index contributed by atoms with van der Waals surface area (Å²) in [6, 6.07) is 0.942. The van der Waals surface area contributed by atoms with E-state index < -0.39 is 11.6 Å². The average Bonchev–Trinajstić information content (AvgIpc) is 2.47. The van der Waals surface area contributed by atoms with Gasteiger partial charge in [-0.15, -0.1) is 0 Å². The quantitative estimate of drug-likeness (QED) is 0.366. The molecule has 0 spiro atoms. The molecule has 0 atom stereocenters. The number of thioether (sulfide) groups is 1. The molecule has 2 amide bonds. The number of urea groups is 1. The van der Waals surface area contributed by atoms with Gasteiger partial charge in [-0.2, -0.15) is 4.98 Å². The minimum Gasteiger partial charge on any atom is -0.338 e. The third-order valence-electron chi connectivity index (χ3n) is 2.95. The molecule has 132 valence electrons. The number of aromatic amines is 1. The first kappa shape index (κ1) is 19.9. The number of aryl methyl sites for hydroxylation is 1. The number of amides is 2. The molecule has 0 saturated heterocycles. The van der Waals surface area contributed by atoms with Crippen LogP contribution in [0.2, 0.25) is 0 Å². The average molecular weight is 354 g/mol. The van der Waals surface area contributed by atoms with Crippen molar-refractivity contribution < 1.29 is 14.2 Å². The van der Waals surface area contributed by atoms with Gasteiger partial charge in [0, 0.05) is 43.8 Å². The number of carbonyl (C=O) groups excluding carboxylic acids is 2. The molecule has 1 aromatic heterocycles. The summed E-state index contributed by atoms with van der Waals surface area (Å²) in [5.41, 5.74) is 0.229. The molecule has 0 aromatic carbocycles. The van der Waals surface area contributed by atoms with E-state index in [1.54, 1.807) is 13.8 Å². The van der Waals surface area contributed by atoms with Crippen molar-refractivity contribution in [1.29, 1.82) is 0 Å². The van der Waals surface area contributed by atoms with Gasteiger partial charge in [-0.05, 0) is 6.92 Å². The number of nitrogens with zero attached hydrogens (tertiary/aromatic N) is 2. The van der Waals surface area contributed by atoms with Crippen LogP contribution in [0.15, 0.2) is 10.9 Å². The minimum absolute atomic E-state index is 0.130. The van der Waals surface area contributed by atoms with Gasteiger partial charge in [0.05, 0.1) is 0 Å². The Morgan fingerprint density at radius 1 is 1.46 bits per heavy atom. The first-order chi connectivity index (χ1) is 11.4. The van der Waals surface area contributed by atoms with E-state index in [1.807, 2.05) is 17.8 Å². The lowest BCUT2D eigenvalue weighted by Crippen LogP contribution is -2.32. The Morgan fingerprint density at radius 2 is 2.21 bits per heavy atom. The van der Waals surface area contributed by atoms with Crippen LogP contribution < -0.4 is 16.2 Å². The van der Waals surface area contributed by atoms with Crippen molar-refractivity contribution in [2.24, 2.45) is 0 Å². The van der Waals surface area contributed by atoms with E-state index in [1.165, 1.54) is 17.8 Å². The van der Waals surface area contributed by atoms with E-state index in [-0.39, 0.29) is 11.1 Å². The number of nitrogens with one attached hydrogen (secondary N) is 3. The Bertz CT molecular complexity index is 657. The van der Waals surface area contributed by atoms with Gasteiger partial charge in [0.2, 0.25) is 5.95 Å². The fraction of sp³-hybridized carbons (Fsp3) is 0.533. The van der Waals surface area contributed by atoms with E-state index in [9.17, 15) is 14.4 Å². The summed E-state index contributed by atoms with van der Waals surface area (Å²) < 4.78 is 2.04. The number of anilines is 1. The number of carbonyl (C=O) groups is 2. The first-order valence-corrected chi connectivity index (χ1v) is 8.65. The summed E-state index contributed by atoms with van der Waals surface area (Å²) >= 11 is 1.32. The van der Waals surface area contributed by atoms with E-state index in [4.69, 9.17) is 0 Å². The summed E-state index contributed by atoms with van der Waals surface area (Å²) in [4.78, 5) is 40.2. The predicted octanol–water partition coefficient (Wildman–Crippen LogP) is 0.973. The van der Waals surface area contributed by atoms with Gasteiger partial charge in [0.1, 0.15) is 19.8 Å². The number of H-pyrrole nitrogens is 1. The number of aromatic nitrogens is 2. The van der Waals surface area contributed by atoms with Crippen LogP contribution in [0, 0.1) is 6.92 Å². The van der Waals surface area contributed by atoms with E-state index >= 15 is 0 Å². The summed E-state index contributed by atoms with van der Waals surface area (Å²) in [5.74, 6) is 0.910. The fourth-order valence-corrected chi connectivity index (χ4v) is 2.40. The molecule has 9 heteroatoms. The first-order valence-electron chi connectivity index (χ1n) is 7.66. The van der Waals surface area contributed by atoms with E-state index in [0.29, 0.717) is 12.2 Å². The molecule has 0 saturated carbocycles. The zero-order valence-corrected chi connectivity index (χ0v) is 15.0. The monoisotopic (exact) mass is 354 g/mol. The maximum atomic E-state index is 11.7. The Hall–Kier alpha value is -2.16. The van der Waals surface area contributed by atoms with Gasteiger partial charge in [0.15, 0.2) is 5.12 Å². The van der Waals surface area contributed by atoms with Crippen LogP contribution in [0.3, 0.4) is 0 Å². The number of hydrogen-bond donors (Lipinski definition) is 3. The summed E-state index contributed by atoms with van der Waals surface area (Å²) in [7, 11) is 1.96. The van der Waals surface area contributed by atoms with Gasteiger partial charge in [-0.3, -0.25) is 14.9 Å². The molecule has 0 radical (unpaired) electrons. The van der Waals surface area contributed by atoms with Crippen molar-refractivity contribution in [1.82, 2.24) is 15.3 Å². The highest BCUT2D eigenvalue weighted by Gasteiger charge is 2.05. The lowest BCUT2D eigenvalue weighted by Gasteiger charge is -2.06. The summed E-state index contributed by atoms with van der Waals surface area (Å²) in [6.45, 7) is 4.58. The molecule has 0 aliphatic rings. The predicted molar refractivity (Wildman–Crippen MR) is 96.1 cm³/mol. The normalized spacial score (nSPS) is 11.2. The molecule has 24 heavy (non-hydrogen) atoms. The Kier molecular flexibility index (Phi) is 8.77. The van der Waals surface area contributed by atoms with Gasteiger partial charge >= 0.3 is 6.03 Å². The molecule has 0 fully saturated rings. The zero-order valence-electron chi connectivity index (χ0n) is 14.2. The van der Waals surface area contributed by atoms with Crippen LogP contribution in [0.1, 0.15) is 25.5 Å². The SMILES string of the molecule is CC(=O)SCC/C=[N+](\C)CCCNC(=O)Nc1nc(=O)cc(C)[nH]1. The maximum Gasteiger partial charge on any atom is 0.321 e. The van der Waals surface area contributed by atoms with Crippen LogP contribution in [-0.4, -0.2) is 57.8 Å². The highest BCUT2D eigenvalue weighted by atomic mass is 32.2. The van der Waals surface area contributed by atoms with Gasteiger partial charge < -0.3 is 10.3 Å². The second kappa shape index (κ2) is 10.6. The van der Waals surface area contributed by atoms with E-state index in [0.717, 1.165) is 25.1 Å². The molecule has 1 aromatic rings. The van der Waals surface area contributed by atoms with Gasteiger partial charge in [0.25, 0.3) is 5.56 Å². The van der Waals surface area contributed by atoms with Crippen molar-refractivity contribution in [2.45, 2.75) is 26.7 Å². The zero-order chi connectivity index (χ0) is 17.9. The molecule has 1 rings (SSSR count). The molecule has 0 aliphatic carbocycles. The van der Waals surface area contributed by atoms with Crippen LogP contribution in [-0.2, 0) is 4.79 Å². The summed E-state index contributed by atoms with van der Waals surface area (Å²) in [6.07, 6.45) is 3.65. The Balaban J connectivity index is 2.22. The second-order valence-electron chi connectivity index (χ2n) is 5.28. The van der Waals surface area contributed by atoms with E-state index in [2.05, 4.69) is 20.6 Å². The standard InChI is InChI=1S/C15H23N5O3S/c1-11-10-13(22)18-14(17-11)19-15(23)16-6-4-7-20(3)8-5-9-24-12(2)21/h8,10H,4-7,9H2,1-3H3,(H2-,16,17,18,19,22,23)/p+1/b20-8+. The lowest BCUT2D eigenvalue weighted by molar-refractivity contribution is -0.493. The molecular formula is C15H24N5O3S+. The van der Waals surface area contributed by atoms with Crippen LogP contribution in [0.4, 0.5) is 10.7 Å². The van der Waals surface area contributed by atoms with Gasteiger partial charge in [-0.1, -0.05) is 11.8 Å². The maximum absolute atomic E-state index is 11.7. The highest BCUT2D eigenvalue weighted by Crippen LogP contribution is 2.01. The van der Waals surface area contributed by atoms with Crippen molar-refractivity contribution in [3.8, 4) is 0 Å². The second-order valence-corrected chi connectivity index (χ2v) is 6.55. The molecule has 8 nitrogen and oxygen atoms in total. The smallest absolute Gasteiger partial charge is 0.321 e. The van der Waals surface area contributed by atoms with Crippen LogP contribution >= 0.6 is 11.8 Å². The third-order valence-corrected chi connectivity index (χ3v) is 3.79. The van der Waals surface area contributed by atoms with Gasteiger partial charge in [-0.25, -0.2) is 9.37 Å². The minimum atomic E-state index is -0.409. The molecule has 0 unspecified atom stereocenters. The van der Waals surface area contributed by atoms with Crippen molar-refractivity contribution in [2.75, 3.05) is 31.2 Å². The fourth-order valence-electron chi connectivity index (χ4n) is 1.89. The van der Waals surface area contributed by atoms with Crippen LogP contribution in [0.5, 0.6) is 0 Å². The molecule has 0 bridgehead atoms. The summed E-state index contributed by atoms with van der Waals surface area (Å²) in [5, 5.41) is 5.33. The molecule has 1 heterocycles. The topological polar surface area (TPSA) is 107 Å². The molecular weight excluding hydrogens is 330 g/mol. The van der Waals surface area contributed by atoms with Crippen molar-refractivity contribution >= 4 is 35.1 Å². The van der Waals surface area contributed by atoms with Crippen molar-refractivity contribution in [3.63, 3.8) is 0 Å². The Labute approximate surface area is 145 Å². The number of rotatable bonds is 8. The lowest BCUT2D eigenvalue weighted by atomic mass is 10.4. The number of hydrogen-bond acceptors (Lipinski definition) is 5. The third kappa shape index (κ3) is 9.09. The molecule has 3 N–H and O–H groups in total. The largest absolute Gasteiger partial charge is 0.338 e. The van der Waals surface area contributed by atoms with Crippen LogP contribution in [0.25, 0.3) is 0 Å². The van der Waals surface area contributed by atoms with Crippen molar-refractivity contribution in [3.05, 3.63) is 22.1 Å². The molecule has 0 aliphatic heterocycles. The highest BCUT2D eigenvalue weighted by molar-refractivity contribution is 8.13. The Morgan fingerprint density at radius 3 is 2.88 bits per heavy atom.